The van der Waals surface area contributed by atoms with Crippen molar-refractivity contribution in [3.05, 3.63) is 54.1 Å². The molecule has 3 rings (SSSR count). The Hall–Kier alpha value is -2.49. The molecule has 0 radical (unpaired) electrons. The van der Waals surface area contributed by atoms with Crippen molar-refractivity contribution in [2.75, 3.05) is 12.4 Å². The molecule has 0 aliphatic heterocycles. The third-order valence-electron chi connectivity index (χ3n) is 3.60. The second kappa shape index (κ2) is 5.87. The molecule has 108 valence electrons. The van der Waals surface area contributed by atoms with Crippen LogP contribution < -0.4 is 10.1 Å². The number of anilines is 1. The highest BCUT2D eigenvalue weighted by molar-refractivity contribution is 5.78. The SMILES string of the molecule is CCn1c(NCc2ccccc2OC)nc2ccccc21. The van der Waals surface area contributed by atoms with Gasteiger partial charge >= 0.3 is 0 Å². The van der Waals surface area contributed by atoms with Crippen molar-refractivity contribution >= 4 is 17.0 Å². The molecule has 4 heteroatoms. The molecular weight excluding hydrogens is 262 g/mol. The smallest absolute Gasteiger partial charge is 0.204 e. The number of hydrogen-bond donors (Lipinski definition) is 1. The van der Waals surface area contributed by atoms with E-state index in [2.05, 4.69) is 33.9 Å². The predicted molar refractivity (Wildman–Crippen MR) is 85.7 cm³/mol. The van der Waals surface area contributed by atoms with Crippen molar-refractivity contribution in [3.8, 4) is 5.75 Å². The highest BCUT2D eigenvalue weighted by Gasteiger charge is 2.09. The number of hydrogen-bond acceptors (Lipinski definition) is 3. The minimum atomic E-state index is 0.688. The summed E-state index contributed by atoms with van der Waals surface area (Å²) in [5, 5.41) is 3.42. The normalized spacial score (nSPS) is 10.8. The van der Waals surface area contributed by atoms with Crippen LogP contribution >= 0.6 is 0 Å². The molecule has 1 N–H and O–H groups in total. The number of ether oxygens (including phenoxy) is 1. The minimum Gasteiger partial charge on any atom is -0.496 e. The molecular formula is C17H19N3O. The fourth-order valence-corrected chi connectivity index (χ4v) is 2.55. The number of nitrogens with one attached hydrogen (secondary N) is 1. The Morgan fingerprint density at radius 1 is 1.10 bits per heavy atom. The Bertz CT molecular complexity index is 749. The zero-order chi connectivity index (χ0) is 14.7. The first-order valence-electron chi connectivity index (χ1n) is 7.14. The summed E-state index contributed by atoms with van der Waals surface area (Å²) in [6, 6.07) is 16.2. The first-order valence-corrected chi connectivity index (χ1v) is 7.14. The van der Waals surface area contributed by atoms with Crippen molar-refractivity contribution in [1.82, 2.24) is 9.55 Å². The van der Waals surface area contributed by atoms with Crippen LogP contribution in [0.1, 0.15) is 12.5 Å². The van der Waals surface area contributed by atoms with Gasteiger partial charge in [0, 0.05) is 18.7 Å². The lowest BCUT2D eigenvalue weighted by Gasteiger charge is -2.11. The molecule has 0 spiro atoms. The van der Waals surface area contributed by atoms with E-state index in [0.29, 0.717) is 6.54 Å². The van der Waals surface area contributed by atoms with E-state index < -0.39 is 0 Å². The van der Waals surface area contributed by atoms with Gasteiger partial charge in [0.15, 0.2) is 0 Å². The molecule has 1 heterocycles. The van der Waals surface area contributed by atoms with E-state index in [0.717, 1.165) is 34.8 Å². The molecule has 4 nitrogen and oxygen atoms in total. The maximum atomic E-state index is 5.38. The van der Waals surface area contributed by atoms with Crippen LogP contribution in [0.4, 0.5) is 5.95 Å². The van der Waals surface area contributed by atoms with Gasteiger partial charge in [-0.1, -0.05) is 30.3 Å². The number of aromatic nitrogens is 2. The molecule has 21 heavy (non-hydrogen) atoms. The Morgan fingerprint density at radius 3 is 2.67 bits per heavy atom. The topological polar surface area (TPSA) is 39.1 Å². The molecule has 1 aromatic heterocycles. The standard InChI is InChI=1S/C17H19N3O/c1-3-20-15-10-6-5-9-14(15)19-17(20)18-12-13-8-4-7-11-16(13)21-2/h4-11H,3,12H2,1-2H3,(H,18,19). The van der Waals surface area contributed by atoms with Gasteiger partial charge < -0.3 is 14.6 Å². The van der Waals surface area contributed by atoms with Gasteiger partial charge in [-0.3, -0.25) is 0 Å². The summed E-state index contributed by atoms with van der Waals surface area (Å²) in [6.07, 6.45) is 0. The number of aryl methyl sites for hydroxylation is 1. The predicted octanol–water partition coefficient (Wildman–Crippen LogP) is 3.68. The number of para-hydroxylation sites is 3. The molecule has 0 aliphatic carbocycles. The zero-order valence-electron chi connectivity index (χ0n) is 12.3. The van der Waals surface area contributed by atoms with Crippen LogP contribution in [0.5, 0.6) is 5.75 Å². The quantitative estimate of drug-likeness (QED) is 0.775. The van der Waals surface area contributed by atoms with Crippen molar-refractivity contribution in [2.24, 2.45) is 0 Å². The molecule has 2 aromatic carbocycles. The van der Waals surface area contributed by atoms with Crippen LogP contribution in [0.3, 0.4) is 0 Å². The average Bonchev–Trinajstić information content (AvgIpc) is 2.90. The zero-order valence-corrected chi connectivity index (χ0v) is 12.3. The Kier molecular flexibility index (Phi) is 3.77. The van der Waals surface area contributed by atoms with Gasteiger partial charge in [-0.25, -0.2) is 4.98 Å². The third kappa shape index (κ3) is 2.57. The van der Waals surface area contributed by atoms with Crippen LogP contribution in [0.2, 0.25) is 0 Å². The first-order chi connectivity index (χ1) is 10.3. The second-order valence-electron chi connectivity index (χ2n) is 4.83. The summed E-state index contributed by atoms with van der Waals surface area (Å²) in [5.41, 5.74) is 3.29. The number of nitrogens with zero attached hydrogens (tertiary/aromatic N) is 2. The maximum Gasteiger partial charge on any atom is 0.204 e. The molecule has 0 saturated carbocycles. The van der Waals surface area contributed by atoms with Crippen molar-refractivity contribution in [1.29, 1.82) is 0 Å². The van der Waals surface area contributed by atoms with Gasteiger partial charge in [-0.15, -0.1) is 0 Å². The van der Waals surface area contributed by atoms with E-state index in [1.54, 1.807) is 7.11 Å². The Morgan fingerprint density at radius 2 is 1.86 bits per heavy atom. The van der Waals surface area contributed by atoms with Crippen LogP contribution in [-0.2, 0) is 13.1 Å². The summed E-state index contributed by atoms with van der Waals surface area (Å²) in [4.78, 5) is 4.67. The Labute approximate surface area is 124 Å². The molecule has 0 aliphatic rings. The highest BCUT2D eigenvalue weighted by Crippen LogP contribution is 2.22. The summed E-state index contributed by atoms with van der Waals surface area (Å²) in [6.45, 7) is 3.70. The van der Waals surface area contributed by atoms with E-state index >= 15 is 0 Å². The molecule has 0 fully saturated rings. The van der Waals surface area contributed by atoms with E-state index in [1.165, 1.54) is 0 Å². The maximum absolute atomic E-state index is 5.38. The second-order valence-corrected chi connectivity index (χ2v) is 4.83. The number of fused-ring (bicyclic) bond motifs is 1. The molecule has 0 bridgehead atoms. The van der Waals surface area contributed by atoms with E-state index in [1.807, 2.05) is 36.4 Å². The number of imidazole rings is 1. The van der Waals surface area contributed by atoms with Gasteiger partial charge in [0.05, 0.1) is 18.1 Å². The molecule has 0 amide bonds. The van der Waals surface area contributed by atoms with Gasteiger partial charge in [0.2, 0.25) is 5.95 Å². The van der Waals surface area contributed by atoms with Gasteiger partial charge in [0.1, 0.15) is 5.75 Å². The minimum absolute atomic E-state index is 0.688. The van der Waals surface area contributed by atoms with Gasteiger partial charge in [-0.2, -0.15) is 0 Å². The molecule has 3 aromatic rings. The molecule has 0 atom stereocenters. The van der Waals surface area contributed by atoms with Gasteiger partial charge in [0.25, 0.3) is 0 Å². The lowest BCUT2D eigenvalue weighted by atomic mass is 10.2. The highest BCUT2D eigenvalue weighted by atomic mass is 16.5. The van der Waals surface area contributed by atoms with E-state index in [9.17, 15) is 0 Å². The average molecular weight is 281 g/mol. The fourth-order valence-electron chi connectivity index (χ4n) is 2.55. The van der Waals surface area contributed by atoms with Crippen LogP contribution in [-0.4, -0.2) is 16.7 Å². The first kappa shape index (κ1) is 13.5. The molecule has 0 unspecified atom stereocenters. The fraction of sp³-hybridized carbons (Fsp3) is 0.235. The number of methoxy groups -OCH3 is 1. The van der Waals surface area contributed by atoms with Crippen molar-refractivity contribution in [3.63, 3.8) is 0 Å². The van der Waals surface area contributed by atoms with Crippen LogP contribution in [0.25, 0.3) is 11.0 Å². The van der Waals surface area contributed by atoms with Crippen LogP contribution in [0.15, 0.2) is 48.5 Å². The van der Waals surface area contributed by atoms with E-state index in [4.69, 9.17) is 4.74 Å². The third-order valence-corrected chi connectivity index (χ3v) is 3.60. The largest absolute Gasteiger partial charge is 0.496 e. The lowest BCUT2D eigenvalue weighted by molar-refractivity contribution is 0.410. The van der Waals surface area contributed by atoms with Crippen molar-refractivity contribution < 1.29 is 4.74 Å². The lowest BCUT2D eigenvalue weighted by Crippen LogP contribution is -2.07. The number of benzene rings is 2. The summed E-state index contributed by atoms with van der Waals surface area (Å²) < 4.78 is 7.57. The summed E-state index contributed by atoms with van der Waals surface area (Å²) >= 11 is 0. The summed E-state index contributed by atoms with van der Waals surface area (Å²) in [7, 11) is 1.69. The number of rotatable bonds is 5. The van der Waals surface area contributed by atoms with Crippen molar-refractivity contribution in [2.45, 2.75) is 20.0 Å². The Balaban J connectivity index is 1.88. The monoisotopic (exact) mass is 281 g/mol. The van der Waals surface area contributed by atoms with Crippen LogP contribution in [0, 0.1) is 0 Å². The van der Waals surface area contributed by atoms with E-state index in [-0.39, 0.29) is 0 Å². The summed E-state index contributed by atoms with van der Waals surface area (Å²) in [5.74, 6) is 1.79. The van der Waals surface area contributed by atoms with Gasteiger partial charge in [-0.05, 0) is 25.1 Å². The molecule has 0 saturated heterocycles.